The number of hydrogen-bond acceptors (Lipinski definition) is 3. The molecule has 0 radical (unpaired) electrons. The van der Waals surface area contributed by atoms with Crippen LogP contribution in [0.15, 0.2) is 59.7 Å². The van der Waals surface area contributed by atoms with E-state index in [4.69, 9.17) is 0 Å². The van der Waals surface area contributed by atoms with Gasteiger partial charge in [0.05, 0.1) is 0 Å². The Morgan fingerprint density at radius 3 is 2.42 bits per heavy atom. The Hall–Kier alpha value is -3.41. The van der Waals surface area contributed by atoms with Gasteiger partial charge >= 0.3 is 0 Å². The van der Waals surface area contributed by atoms with Crippen molar-refractivity contribution in [2.75, 3.05) is 14.1 Å². The molecular weight excluding hydrogens is 414 g/mol. The summed E-state index contributed by atoms with van der Waals surface area (Å²) in [4.78, 5) is 40.3. The van der Waals surface area contributed by atoms with E-state index in [-0.39, 0.29) is 17.0 Å². The van der Waals surface area contributed by atoms with Crippen LogP contribution in [-0.4, -0.2) is 35.4 Å². The molecule has 1 N–H and O–H groups in total. The van der Waals surface area contributed by atoms with E-state index >= 15 is 0 Å². The molecule has 1 saturated carbocycles. The lowest BCUT2D eigenvalue weighted by atomic mass is 9.89. The van der Waals surface area contributed by atoms with Gasteiger partial charge in [-0.2, -0.15) is 0 Å². The van der Waals surface area contributed by atoms with E-state index in [0.717, 1.165) is 29.2 Å². The molecule has 0 atom stereocenters. The molecule has 0 saturated heterocycles. The van der Waals surface area contributed by atoms with Crippen molar-refractivity contribution in [1.29, 1.82) is 0 Å². The number of nitrogens with one attached hydrogen (secondary N) is 1. The molecule has 6 nitrogen and oxygen atoms in total. The zero-order valence-electron chi connectivity index (χ0n) is 19.3. The first kappa shape index (κ1) is 22.8. The SMILES string of the molecule is CN(C)C(=O)c1cn(CC2CCCCC2)cc(C(=O)NCc2cccc3ccccc23)c1=O. The second-order valence-corrected chi connectivity index (χ2v) is 9.14. The molecule has 1 heterocycles. The van der Waals surface area contributed by atoms with Crippen molar-refractivity contribution in [1.82, 2.24) is 14.8 Å². The van der Waals surface area contributed by atoms with Gasteiger partial charge in [0.15, 0.2) is 0 Å². The molecule has 3 aromatic rings. The first-order chi connectivity index (χ1) is 15.9. The van der Waals surface area contributed by atoms with Gasteiger partial charge in [-0.3, -0.25) is 14.4 Å². The molecule has 1 aromatic heterocycles. The highest BCUT2D eigenvalue weighted by Gasteiger charge is 2.22. The average Bonchev–Trinajstić information content (AvgIpc) is 2.83. The number of pyridine rings is 1. The van der Waals surface area contributed by atoms with Crippen LogP contribution in [0.5, 0.6) is 0 Å². The quantitative estimate of drug-likeness (QED) is 0.618. The lowest BCUT2D eigenvalue weighted by Crippen LogP contribution is -2.35. The van der Waals surface area contributed by atoms with Gasteiger partial charge in [-0.15, -0.1) is 0 Å². The number of aromatic nitrogens is 1. The largest absolute Gasteiger partial charge is 0.352 e. The maximum absolute atomic E-state index is 13.1. The topological polar surface area (TPSA) is 71.4 Å². The molecule has 33 heavy (non-hydrogen) atoms. The van der Waals surface area contributed by atoms with Crippen molar-refractivity contribution >= 4 is 22.6 Å². The number of rotatable bonds is 6. The van der Waals surface area contributed by atoms with Crippen molar-refractivity contribution < 1.29 is 9.59 Å². The Kier molecular flexibility index (Phi) is 6.92. The van der Waals surface area contributed by atoms with Crippen LogP contribution in [0.3, 0.4) is 0 Å². The van der Waals surface area contributed by atoms with E-state index in [2.05, 4.69) is 5.32 Å². The van der Waals surface area contributed by atoms with E-state index in [0.29, 0.717) is 19.0 Å². The van der Waals surface area contributed by atoms with Gasteiger partial charge in [-0.05, 0) is 35.1 Å². The van der Waals surface area contributed by atoms with Gasteiger partial charge in [0.2, 0.25) is 5.43 Å². The van der Waals surface area contributed by atoms with Crippen LogP contribution in [-0.2, 0) is 13.1 Å². The number of benzene rings is 2. The summed E-state index contributed by atoms with van der Waals surface area (Å²) in [5.41, 5.74) is 0.501. The van der Waals surface area contributed by atoms with Crippen molar-refractivity contribution in [3.05, 3.63) is 81.8 Å². The Labute approximate surface area is 194 Å². The summed E-state index contributed by atoms with van der Waals surface area (Å²) in [5.74, 6) is -0.352. The van der Waals surface area contributed by atoms with Crippen molar-refractivity contribution in [2.45, 2.75) is 45.2 Å². The van der Waals surface area contributed by atoms with E-state index < -0.39 is 11.3 Å². The molecule has 0 aliphatic heterocycles. The third kappa shape index (κ3) is 5.16. The molecule has 1 aliphatic rings. The molecule has 0 spiro atoms. The third-order valence-corrected chi connectivity index (χ3v) is 6.47. The molecule has 0 unspecified atom stereocenters. The Morgan fingerprint density at radius 2 is 1.67 bits per heavy atom. The van der Waals surface area contributed by atoms with Crippen LogP contribution in [0.2, 0.25) is 0 Å². The summed E-state index contributed by atoms with van der Waals surface area (Å²) in [5, 5.41) is 5.05. The summed E-state index contributed by atoms with van der Waals surface area (Å²) >= 11 is 0. The van der Waals surface area contributed by atoms with E-state index in [9.17, 15) is 14.4 Å². The Balaban J connectivity index is 1.62. The van der Waals surface area contributed by atoms with Crippen LogP contribution in [0.25, 0.3) is 10.8 Å². The van der Waals surface area contributed by atoms with Crippen molar-refractivity contribution in [3.8, 4) is 0 Å². The fourth-order valence-corrected chi connectivity index (χ4v) is 4.68. The zero-order chi connectivity index (χ0) is 23.4. The van der Waals surface area contributed by atoms with Crippen LogP contribution >= 0.6 is 0 Å². The number of amides is 2. The minimum atomic E-state index is -0.524. The number of carbonyl (C=O) groups excluding carboxylic acids is 2. The number of nitrogens with zero attached hydrogens (tertiary/aromatic N) is 2. The maximum Gasteiger partial charge on any atom is 0.258 e. The van der Waals surface area contributed by atoms with Crippen LogP contribution in [0, 0.1) is 5.92 Å². The van der Waals surface area contributed by atoms with Crippen LogP contribution < -0.4 is 10.7 Å². The first-order valence-electron chi connectivity index (χ1n) is 11.6. The highest BCUT2D eigenvalue weighted by atomic mass is 16.2. The minimum absolute atomic E-state index is 0.0127. The molecule has 4 rings (SSSR count). The molecule has 6 heteroatoms. The molecule has 2 aromatic carbocycles. The molecule has 2 amide bonds. The van der Waals surface area contributed by atoms with Crippen LogP contribution in [0.1, 0.15) is 58.4 Å². The Morgan fingerprint density at radius 1 is 0.970 bits per heavy atom. The highest BCUT2D eigenvalue weighted by molar-refractivity contribution is 5.99. The second-order valence-electron chi connectivity index (χ2n) is 9.14. The van der Waals surface area contributed by atoms with Gasteiger partial charge in [0.25, 0.3) is 11.8 Å². The van der Waals surface area contributed by atoms with Gasteiger partial charge in [-0.25, -0.2) is 0 Å². The van der Waals surface area contributed by atoms with Gasteiger partial charge in [0, 0.05) is 39.6 Å². The van der Waals surface area contributed by atoms with Crippen molar-refractivity contribution in [3.63, 3.8) is 0 Å². The lowest BCUT2D eigenvalue weighted by Gasteiger charge is -2.23. The summed E-state index contributed by atoms with van der Waals surface area (Å²) in [6.45, 7) is 1.01. The fraction of sp³-hybridized carbons (Fsp3) is 0.370. The summed E-state index contributed by atoms with van der Waals surface area (Å²) in [7, 11) is 3.22. The number of fused-ring (bicyclic) bond motifs is 1. The normalized spacial score (nSPS) is 14.2. The molecule has 172 valence electrons. The van der Waals surface area contributed by atoms with Gasteiger partial charge in [-0.1, -0.05) is 61.7 Å². The predicted molar refractivity (Wildman–Crippen MR) is 130 cm³/mol. The summed E-state index contributed by atoms with van der Waals surface area (Å²) in [6.07, 6.45) is 9.15. The van der Waals surface area contributed by atoms with E-state index in [1.807, 2.05) is 47.0 Å². The van der Waals surface area contributed by atoms with E-state index in [1.165, 1.54) is 24.2 Å². The van der Waals surface area contributed by atoms with E-state index in [1.54, 1.807) is 26.5 Å². The zero-order valence-corrected chi connectivity index (χ0v) is 19.3. The second kappa shape index (κ2) is 10.0. The molecular formula is C27H31N3O3. The summed E-state index contributed by atoms with van der Waals surface area (Å²) < 4.78 is 1.86. The number of hydrogen-bond donors (Lipinski definition) is 1. The number of carbonyl (C=O) groups is 2. The molecule has 0 bridgehead atoms. The van der Waals surface area contributed by atoms with Crippen molar-refractivity contribution in [2.24, 2.45) is 5.92 Å². The summed E-state index contributed by atoms with van der Waals surface area (Å²) in [6, 6.07) is 13.9. The predicted octanol–water partition coefficient (Wildman–Crippen LogP) is 4.21. The van der Waals surface area contributed by atoms with Crippen LogP contribution in [0.4, 0.5) is 0 Å². The highest BCUT2D eigenvalue weighted by Crippen LogP contribution is 2.25. The maximum atomic E-state index is 13.1. The first-order valence-corrected chi connectivity index (χ1v) is 11.6. The standard InChI is InChI=1S/C27H31N3O3/c1-29(2)27(33)24-18-30(16-19-9-4-3-5-10-19)17-23(25(24)31)26(32)28-15-21-13-8-12-20-11-6-7-14-22(20)21/h6-8,11-14,17-19H,3-5,9-10,15-16H2,1-2H3,(H,28,32). The molecule has 1 fully saturated rings. The monoisotopic (exact) mass is 445 g/mol. The third-order valence-electron chi connectivity index (χ3n) is 6.47. The molecule has 1 aliphatic carbocycles. The fourth-order valence-electron chi connectivity index (χ4n) is 4.68. The van der Waals surface area contributed by atoms with Gasteiger partial charge in [0.1, 0.15) is 11.1 Å². The average molecular weight is 446 g/mol. The lowest BCUT2D eigenvalue weighted by molar-refractivity contribution is 0.0825. The van der Waals surface area contributed by atoms with Gasteiger partial charge < -0.3 is 14.8 Å². The Bertz CT molecular complexity index is 1220. The minimum Gasteiger partial charge on any atom is -0.352 e. The smallest absolute Gasteiger partial charge is 0.258 e.